The number of aliphatic imine (C=N–C) groups is 1. The van der Waals surface area contributed by atoms with Crippen LogP contribution in [0.4, 0.5) is 0 Å². The predicted octanol–water partition coefficient (Wildman–Crippen LogP) is 2.39. The summed E-state index contributed by atoms with van der Waals surface area (Å²) in [7, 11) is 9.48. The summed E-state index contributed by atoms with van der Waals surface area (Å²) in [6.45, 7) is 4.20. The van der Waals surface area contributed by atoms with E-state index in [-0.39, 0.29) is 6.04 Å². The van der Waals surface area contributed by atoms with Crippen LogP contribution in [0.3, 0.4) is 0 Å². The molecule has 1 N–H and O–H groups in total. The number of nitrogens with zero attached hydrogens (tertiary/aromatic N) is 3. The normalized spacial score (nSPS) is 16.9. The molecule has 1 heterocycles. The maximum atomic E-state index is 5.97. The zero-order valence-corrected chi connectivity index (χ0v) is 18.7. The molecule has 29 heavy (non-hydrogen) atoms. The van der Waals surface area contributed by atoms with Gasteiger partial charge in [-0.05, 0) is 39.4 Å². The highest BCUT2D eigenvalue weighted by Gasteiger charge is 2.24. The number of benzene rings is 1. The number of ether oxygens (including phenoxy) is 3. The minimum Gasteiger partial charge on any atom is -0.496 e. The van der Waals surface area contributed by atoms with Gasteiger partial charge in [-0.15, -0.1) is 0 Å². The van der Waals surface area contributed by atoms with Crippen LogP contribution in [0.25, 0.3) is 0 Å². The molecule has 1 fully saturated rings. The molecule has 0 spiro atoms. The van der Waals surface area contributed by atoms with Crippen LogP contribution in [-0.2, 0) is 9.47 Å². The quantitative estimate of drug-likeness (QED) is 0.366. The van der Waals surface area contributed by atoms with E-state index in [9.17, 15) is 0 Å². The SMILES string of the molecule is CN=C(NCC(c1ccccc1OC)N(C)C)N1CCC(OCCCOC)CC1. The number of piperidine rings is 1. The lowest BCUT2D eigenvalue weighted by atomic mass is 10.0. The van der Waals surface area contributed by atoms with Gasteiger partial charge in [0.05, 0.1) is 19.3 Å². The monoisotopic (exact) mass is 406 g/mol. The van der Waals surface area contributed by atoms with Crippen molar-refractivity contribution in [2.24, 2.45) is 4.99 Å². The van der Waals surface area contributed by atoms with E-state index in [0.717, 1.165) is 63.8 Å². The molecule has 7 heteroatoms. The van der Waals surface area contributed by atoms with Crippen molar-refractivity contribution in [2.45, 2.75) is 31.4 Å². The molecule has 0 amide bonds. The van der Waals surface area contributed by atoms with E-state index in [1.165, 1.54) is 5.56 Å². The maximum absolute atomic E-state index is 5.97. The van der Waals surface area contributed by atoms with Crippen molar-refractivity contribution in [3.8, 4) is 5.75 Å². The zero-order valence-electron chi connectivity index (χ0n) is 18.7. The molecule has 1 aliphatic heterocycles. The molecule has 1 aliphatic rings. The molecule has 1 saturated heterocycles. The van der Waals surface area contributed by atoms with Crippen LogP contribution in [0.1, 0.15) is 30.9 Å². The van der Waals surface area contributed by atoms with Crippen molar-refractivity contribution in [1.82, 2.24) is 15.1 Å². The molecule has 0 aromatic heterocycles. The number of nitrogens with one attached hydrogen (secondary N) is 1. The average Bonchev–Trinajstić information content (AvgIpc) is 2.75. The molecule has 0 bridgehead atoms. The van der Waals surface area contributed by atoms with Gasteiger partial charge in [0.2, 0.25) is 0 Å². The predicted molar refractivity (Wildman–Crippen MR) is 118 cm³/mol. The Morgan fingerprint density at radius 3 is 2.55 bits per heavy atom. The summed E-state index contributed by atoms with van der Waals surface area (Å²) in [5, 5.41) is 3.57. The number of hydrogen-bond acceptors (Lipinski definition) is 5. The molecule has 0 aliphatic carbocycles. The number of likely N-dealkylation sites (N-methyl/N-ethyl adjacent to an activating group) is 1. The summed E-state index contributed by atoms with van der Waals surface area (Å²) in [6, 6.07) is 8.38. The van der Waals surface area contributed by atoms with Crippen molar-refractivity contribution in [1.29, 1.82) is 0 Å². The number of rotatable bonds is 10. The number of likely N-dealkylation sites (tertiary alicyclic amines) is 1. The third-order valence-corrected chi connectivity index (χ3v) is 5.37. The van der Waals surface area contributed by atoms with Gasteiger partial charge in [0.1, 0.15) is 5.75 Å². The topological polar surface area (TPSA) is 58.6 Å². The van der Waals surface area contributed by atoms with Crippen molar-refractivity contribution < 1.29 is 14.2 Å². The fourth-order valence-electron chi connectivity index (χ4n) is 3.72. The van der Waals surface area contributed by atoms with Crippen LogP contribution in [0.2, 0.25) is 0 Å². The molecule has 1 aromatic rings. The number of hydrogen-bond donors (Lipinski definition) is 1. The number of methoxy groups -OCH3 is 2. The lowest BCUT2D eigenvalue weighted by Gasteiger charge is -2.35. The van der Waals surface area contributed by atoms with Crippen LogP contribution in [0.15, 0.2) is 29.3 Å². The summed E-state index contributed by atoms with van der Waals surface area (Å²) >= 11 is 0. The van der Waals surface area contributed by atoms with Crippen LogP contribution in [-0.4, -0.2) is 90.1 Å². The zero-order chi connectivity index (χ0) is 21.1. The highest BCUT2D eigenvalue weighted by atomic mass is 16.5. The Balaban J connectivity index is 1.88. The fraction of sp³-hybridized carbons (Fsp3) is 0.682. The third kappa shape index (κ3) is 7.17. The average molecular weight is 407 g/mol. The van der Waals surface area contributed by atoms with Gasteiger partial charge < -0.3 is 29.3 Å². The molecule has 1 atom stereocenters. The lowest BCUT2D eigenvalue weighted by molar-refractivity contribution is 0.00987. The van der Waals surface area contributed by atoms with E-state index in [2.05, 4.69) is 46.3 Å². The van der Waals surface area contributed by atoms with Gasteiger partial charge >= 0.3 is 0 Å². The van der Waals surface area contributed by atoms with Crippen LogP contribution < -0.4 is 10.1 Å². The summed E-state index contributed by atoms with van der Waals surface area (Å²) in [5.41, 5.74) is 1.17. The summed E-state index contributed by atoms with van der Waals surface area (Å²) in [4.78, 5) is 9.05. The highest BCUT2D eigenvalue weighted by molar-refractivity contribution is 5.80. The molecule has 0 radical (unpaired) electrons. The summed E-state index contributed by atoms with van der Waals surface area (Å²) in [5.74, 6) is 1.86. The van der Waals surface area contributed by atoms with E-state index >= 15 is 0 Å². The van der Waals surface area contributed by atoms with Gasteiger partial charge in [-0.1, -0.05) is 18.2 Å². The van der Waals surface area contributed by atoms with Crippen LogP contribution in [0.5, 0.6) is 5.75 Å². The Labute approximate surface area is 176 Å². The highest BCUT2D eigenvalue weighted by Crippen LogP contribution is 2.27. The van der Waals surface area contributed by atoms with Gasteiger partial charge in [-0.2, -0.15) is 0 Å². The lowest BCUT2D eigenvalue weighted by Crippen LogP contribution is -2.48. The third-order valence-electron chi connectivity index (χ3n) is 5.37. The first-order valence-electron chi connectivity index (χ1n) is 10.5. The van der Waals surface area contributed by atoms with Gasteiger partial charge in [0.15, 0.2) is 5.96 Å². The van der Waals surface area contributed by atoms with Crippen molar-refractivity contribution in [2.75, 3.05) is 68.2 Å². The number of para-hydroxylation sites is 1. The van der Waals surface area contributed by atoms with Gasteiger partial charge in [-0.25, -0.2) is 0 Å². The molecule has 2 rings (SSSR count). The number of guanidine groups is 1. The molecule has 7 nitrogen and oxygen atoms in total. The van der Waals surface area contributed by atoms with Gasteiger partial charge in [-0.3, -0.25) is 4.99 Å². The van der Waals surface area contributed by atoms with Crippen molar-refractivity contribution in [3.63, 3.8) is 0 Å². The Kier molecular flexibility index (Phi) is 10.2. The minimum atomic E-state index is 0.185. The fourth-order valence-corrected chi connectivity index (χ4v) is 3.72. The molecular weight excluding hydrogens is 368 g/mol. The van der Waals surface area contributed by atoms with E-state index < -0.39 is 0 Å². The first-order chi connectivity index (χ1) is 14.1. The smallest absolute Gasteiger partial charge is 0.193 e. The maximum Gasteiger partial charge on any atom is 0.193 e. The van der Waals surface area contributed by atoms with Crippen LogP contribution in [0, 0.1) is 0 Å². The standard InChI is InChI=1S/C22H38N4O3/c1-23-22(26-13-11-18(12-14-26)29-16-8-15-27-4)24-17-20(25(2)3)19-9-6-7-10-21(19)28-5/h6-7,9-10,18,20H,8,11-17H2,1-5H3,(H,23,24). The first-order valence-corrected chi connectivity index (χ1v) is 10.5. The van der Waals surface area contributed by atoms with E-state index in [1.807, 2.05) is 19.2 Å². The van der Waals surface area contributed by atoms with E-state index in [0.29, 0.717) is 6.10 Å². The largest absolute Gasteiger partial charge is 0.496 e. The molecular formula is C22H38N4O3. The van der Waals surface area contributed by atoms with Crippen LogP contribution >= 0.6 is 0 Å². The molecule has 1 unspecified atom stereocenters. The molecule has 0 saturated carbocycles. The Hall–Kier alpha value is -1.83. The Morgan fingerprint density at radius 2 is 1.93 bits per heavy atom. The van der Waals surface area contributed by atoms with Gasteiger partial charge in [0.25, 0.3) is 0 Å². The molecule has 1 aromatic carbocycles. The summed E-state index contributed by atoms with van der Waals surface area (Å²) < 4.78 is 16.6. The Bertz CT molecular complexity index is 616. The molecule has 164 valence electrons. The Morgan fingerprint density at radius 1 is 1.21 bits per heavy atom. The van der Waals surface area contributed by atoms with E-state index in [1.54, 1.807) is 14.2 Å². The second kappa shape index (κ2) is 12.7. The van der Waals surface area contributed by atoms with Crippen molar-refractivity contribution >= 4 is 5.96 Å². The van der Waals surface area contributed by atoms with Gasteiger partial charge in [0, 0.05) is 52.6 Å². The first kappa shape index (κ1) is 23.4. The summed E-state index contributed by atoms with van der Waals surface area (Å²) in [6.07, 6.45) is 3.34. The minimum absolute atomic E-state index is 0.185. The van der Waals surface area contributed by atoms with Crippen molar-refractivity contribution in [3.05, 3.63) is 29.8 Å². The van der Waals surface area contributed by atoms with E-state index in [4.69, 9.17) is 14.2 Å². The second-order valence-electron chi connectivity index (χ2n) is 7.55. The second-order valence-corrected chi connectivity index (χ2v) is 7.55.